The number of halogens is 2. The number of carbonyl (C=O) groups excluding carboxylic acids is 1. The van der Waals surface area contributed by atoms with Gasteiger partial charge in [0.2, 0.25) is 0 Å². The first kappa shape index (κ1) is 11.8. The predicted octanol–water partition coefficient (Wildman–Crippen LogP) is 1.72. The van der Waals surface area contributed by atoms with Crippen molar-refractivity contribution in [2.45, 2.75) is 6.42 Å². The van der Waals surface area contributed by atoms with Crippen LogP contribution < -0.4 is 5.73 Å². The molecule has 1 unspecified atom stereocenters. The van der Waals surface area contributed by atoms with Crippen LogP contribution in [0.4, 0.5) is 13.6 Å². The van der Waals surface area contributed by atoms with Crippen LogP contribution in [0, 0.1) is 24.0 Å². The smallest absolute Gasteiger partial charge is 0.314 e. The Morgan fingerprint density at radius 1 is 1.41 bits per heavy atom. The van der Waals surface area contributed by atoms with Gasteiger partial charge in [0.05, 0.1) is 0 Å². The van der Waals surface area contributed by atoms with Crippen molar-refractivity contribution in [3.05, 3.63) is 41.8 Å². The highest BCUT2D eigenvalue weighted by Crippen LogP contribution is 2.20. The van der Waals surface area contributed by atoms with Gasteiger partial charge < -0.3 is 10.6 Å². The lowest BCUT2D eigenvalue weighted by atomic mass is 9.98. The number of nitrogens with two attached hydrogens (primary N) is 1. The Labute approximate surface area is 98.2 Å². The number of likely N-dealkylation sites (tertiary alicyclic amines) is 1. The lowest BCUT2D eigenvalue weighted by Crippen LogP contribution is -2.33. The van der Waals surface area contributed by atoms with Gasteiger partial charge >= 0.3 is 6.03 Å². The molecule has 3 nitrogen and oxygen atoms in total. The van der Waals surface area contributed by atoms with Gasteiger partial charge in [-0.1, -0.05) is 6.07 Å². The van der Waals surface area contributed by atoms with Crippen LogP contribution in [0.15, 0.2) is 18.2 Å². The summed E-state index contributed by atoms with van der Waals surface area (Å²) in [5, 5.41) is 0. The van der Waals surface area contributed by atoms with Gasteiger partial charge in [-0.25, -0.2) is 13.6 Å². The van der Waals surface area contributed by atoms with Gasteiger partial charge in [0.1, 0.15) is 0 Å². The Kier molecular flexibility index (Phi) is 3.26. The third kappa shape index (κ3) is 2.72. The molecule has 2 amide bonds. The van der Waals surface area contributed by atoms with E-state index in [1.165, 1.54) is 11.0 Å². The van der Waals surface area contributed by atoms with E-state index in [1.54, 1.807) is 6.07 Å². The van der Waals surface area contributed by atoms with Crippen LogP contribution in [0.2, 0.25) is 0 Å². The van der Waals surface area contributed by atoms with Crippen molar-refractivity contribution in [3.63, 3.8) is 0 Å². The van der Waals surface area contributed by atoms with Crippen LogP contribution in [-0.2, 0) is 6.42 Å². The number of amides is 2. The van der Waals surface area contributed by atoms with Crippen LogP contribution in [0.5, 0.6) is 0 Å². The fraction of sp³-hybridized carbons (Fsp3) is 0.333. The number of hydrogen-bond acceptors (Lipinski definition) is 1. The van der Waals surface area contributed by atoms with Gasteiger partial charge in [0.15, 0.2) is 11.6 Å². The molecule has 0 spiro atoms. The third-order valence-corrected chi connectivity index (χ3v) is 2.91. The summed E-state index contributed by atoms with van der Waals surface area (Å²) in [6.45, 7) is 1.05. The van der Waals surface area contributed by atoms with Gasteiger partial charge in [-0.05, 0) is 36.5 Å². The molecule has 0 aliphatic carbocycles. The second-order valence-corrected chi connectivity index (χ2v) is 4.19. The highest BCUT2D eigenvalue weighted by Gasteiger charge is 2.25. The topological polar surface area (TPSA) is 46.3 Å². The molecule has 1 saturated heterocycles. The van der Waals surface area contributed by atoms with Gasteiger partial charge in [-0.2, -0.15) is 0 Å². The van der Waals surface area contributed by atoms with Crippen molar-refractivity contribution in [2.24, 2.45) is 11.7 Å². The number of carbonyl (C=O) groups is 1. The highest BCUT2D eigenvalue weighted by atomic mass is 19.2. The molecule has 0 saturated carbocycles. The molecule has 0 bridgehead atoms. The van der Waals surface area contributed by atoms with Crippen molar-refractivity contribution < 1.29 is 13.6 Å². The molecule has 1 aliphatic heterocycles. The van der Waals surface area contributed by atoms with E-state index in [0.29, 0.717) is 19.5 Å². The van der Waals surface area contributed by atoms with Crippen LogP contribution in [0.1, 0.15) is 5.56 Å². The number of primary amides is 1. The zero-order chi connectivity index (χ0) is 12.4. The molecule has 1 fully saturated rings. The average Bonchev–Trinajstić information content (AvgIpc) is 2.72. The molecule has 1 radical (unpaired) electrons. The SMILES string of the molecule is NC(=O)N1C[CH]C(Cc2ccc(F)c(F)c2)C1. The first-order valence-electron chi connectivity index (χ1n) is 5.38. The van der Waals surface area contributed by atoms with E-state index in [9.17, 15) is 13.6 Å². The minimum absolute atomic E-state index is 0.146. The highest BCUT2D eigenvalue weighted by molar-refractivity contribution is 5.72. The van der Waals surface area contributed by atoms with Crippen molar-refractivity contribution in [2.75, 3.05) is 13.1 Å². The van der Waals surface area contributed by atoms with E-state index in [0.717, 1.165) is 11.6 Å². The molecule has 2 rings (SSSR count). The van der Waals surface area contributed by atoms with Crippen molar-refractivity contribution in [1.29, 1.82) is 0 Å². The fourth-order valence-corrected chi connectivity index (χ4v) is 2.01. The van der Waals surface area contributed by atoms with E-state index in [2.05, 4.69) is 0 Å². The largest absolute Gasteiger partial charge is 0.351 e. The summed E-state index contributed by atoms with van der Waals surface area (Å²) in [7, 11) is 0. The number of nitrogens with zero attached hydrogens (tertiary/aromatic N) is 1. The second kappa shape index (κ2) is 4.69. The predicted molar refractivity (Wildman–Crippen MR) is 59.0 cm³/mol. The van der Waals surface area contributed by atoms with E-state index in [-0.39, 0.29) is 5.92 Å². The van der Waals surface area contributed by atoms with E-state index >= 15 is 0 Å². The Morgan fingerprint density at radius 2 is 2.18 bits per heavy atom. The number of rotatable bonds is 2. The summed E-state index contributed by atoms with van der Waals surface area (Å²) < 4.78 is 25.7. The molecule has 1 aliphatic rings. The maximum Gasteiger partial charge on any atom is 0.314 e. The summed E-state index contributed by atoms with van der Waals surface area (Å²) in [5.41, 5.74) is 5.87. The second-order valence-electron chi connectivity index (χ2n) is 4.19. The summed E-state index contributed by atoms with van der Waals surface area (Å²) in [6, 6.07) is 3.41. The van der Waals surface area contributed by atoms with Crippen molar-refractivity contribution in [1.82, 2.24) is 4.90 Å². The molecule has 17 heavy (non-hydrogen) atoms. The normalized spacial score (nSPS) is 19.6. The standard InChI is InChI=1S/C12H13F2N2O/c13-10-2-1-8(6-11(10)14)5-9-3-4-16(7-9)12(15)17/h1-3,6,9H,4-5,7H2,(H2,15,17). The van der Waals surface area contributed by atoms with E-state index in [1.807, 2.05) is 6.42 Å². The average molecular weight is 239 g/mol. The first-order valence-corrected chi connectivity index (χ1v) is 5.38. The van der Waals surface area contributed by atoms with Crippen LogP contribution >= 0.6 is 0 Å². The van der Waals surface area contributed by atoms with Crippen LogP contribution in [-0.4, -0.2) is 24.0 Å². The minimum Gasteiger partial charge on any atom is -0.351 e. The Bertz CT molecular complexity index is 437. The molecule has 1 aromatic carbocycles. The molecule has 1 heterocycles. The molecule has 0 aromatic heterocycles. The number of urea groups is 1. The maximum absolute atomic E-state index is 13.0. The first-order chi connectivity index (χ1) is 8.06. The molecule has 91 valence electrons. The van der Waals surface area contributed by atoms with Crippen LogP contribution in [0.25, 0.3) is 0 Å². The summed E-state index contributed by atoms with van der Waals surface area (Å²) in [6.07, 6.45) is 2.55. The molecule has 1 atom stereocenters. The summed E-state index contributed by atoms with van der Waals surface area (Å²) in [4.78, 5) is 12.4. The fourth-order valence-electron chi connectivity index (χ4n) is 2.01. The Morgan fingerprint density at radius 3 is 2.76 bits per heavy atom. The quantitative estimate of drug-likeness (QED) is 0.839. The third-order valence-electron chi connectivity index (χ3n) is 2.91. The lowest BCUT2D eigenvalue weighted by Gasteiger charge is -2.13. The molecule has 1 aromatic rings. The summed E-state index contributed by atoms with van der Waals surface area (Å²) in [5.74, 6) is -1.54. The number of benzene rings is 1. The van der Waals surface area contributed by atoms with Crippen molar-refractivity contribution >= 4 is 6.03 Å². The molecule has 2 N–H and O–H groups in total. The Hall–Kier alpha value is -1.65. The van der Waals surface area contributed by atoms with E-state index in [4.69, 9.17) is 5.73 Å². The van der Waals surface area contributed by atoms with Crippen molar-refractivity contribution in [3.8, 4) is 0 Å². The number of hydrogen-bond donors (Lipinski definition) is 1. The van der Waals surface area contributed by atoms with E-state index < -0.39 is 17.7 Å². The zero-order valence-electron chi connectivity index (χ0n) is 9.20. The zero-order valence-corrected chi connectivity index (χ0v) is 9.20. The Balaban J connectivity index is 1.98. The van der Waals surface area contributed by atoms with Gasteiger partial charge in [-0.3, -0.25) is 0 Å². The summed E-state index contributed by atoms with van der Waals surface area (Å²) >= 11 is 0. The molecular formula is C12H13F2N2O. The maximum atomic E-state index is 13.0. The lowest BCUT2D eigenvalue weighted by molar-refractivity contribution is 0.217. The monoisotopic (exact) mass is 239 g/mol. The molecule has 5 heteroatoms. The van der Waals surface area contributed by atoms with Gasteiger partial charge in [0.25, 0.3) is 0 Å². The van der Waals surface area contributed by atoms with Gasteiger partial charge in [0, 0.05) is 13.1 Å². The van der Waals surface area contributed by atoms with Crippen LogP contribution in [0.3, 0.4) is 0 Å². The minimum atomic E-state index is -0.845. The molecular weight excluding hydrogens is 226 g/mol. The van der Waals surface area contributed by atoms with Gasteiger partial charge in [-0.15, -0.1) is 0 Å².